The van der Waals surface area contributed by atoms with Crippen LogP contribution in [0.1, 0.15) is 39.2 Å². The first kappa shape index (κ1) is 16.4. The summed E-state index contributed by atoms with van der Waals surface area (Å²) in [5, 5.41) is 2.90. The second-order valence-corrected chi connectivity index (χ2v) is 4.78. The van der Waals surface area contributed by atoms with Gasteiger partial charge in [-0.15, -0.1) is 0 Å². The molecule has 1 rings (SSSR count). The lowest BCUT2D eigenvalue weighted by molar-refractivity contribution is -0.128. The van der Waals surface area contributed by atoms with Crippen LogP contribution in [0.25, 0.3) is 0 Å². The van der Waals surface area contributed by atoms with E-state index >= 15 is 0 Å². The predicted octanol–water partition coefficient (Wildman–Crippen LogP) is 2.36. The predicted molar refractivity (Wildman–Crippen MR) is 76.9 cm³/mol. The number of hydrogen-bond donors (Lipinski definition) is 2. The molecule has 4 nitrogen and oxygen atoms in total. The van der Waals surface area contributed by atoms with Gasteiger partial charge in [0.05, 0.1) is 0 Å². The third-order valence-electron chi connectivity index (χ3n) is 3.18. The number of rotatable bonds is 7. The highest BCUT2D eigenvalue weighted by Crippen LogP contribution is 2.17. The summed E-state index contributed by atoms with van der Waals surface area (Å²) in [5.41, 5.74) is 6.11. The second kappa shape index (κ2) is 7.85. The third-order valence-corrected chi connectivity index (χ3v) is 3.18. The zero-order valence-electron chi connectivity index (χ0n) is 12.3. The van der Waals surface area contributed by atoms with Crippen molar-refractivity contribution in [3.8, 4) is 5.75 Å². The van der Waals surface area contributed by atoms with Gasteiger partial charge in [0.25, 0.3) is 5.91 Å². The van der Waals surface area contributed by atoms with Gasteiger partial charge in [0.1, 0.15) is 11.6 Å². The van der Waals surface area contributed by atoms with Gasteiger partial charge in [0.2, 0.25) is 0 Å². The van der Waals surface area contributed by atoms with E-state index in [-0.39, 0.29) is 18.5 Å². The maximum atomic E-state index is 13.3. The van der Waals surface area contributed by atoms with Gasteiger partial charge in [-0.25, -0.2) is 4.39 Å². The van der Waals surface area contributed by atoms with Gasteiger partial charge in [0.15, 0.2) is 6.10 Å². The highest BCUT2D eigenvalue weighted by atomic mass is 19.1. The van der Waals surface area contributed by atoms with Crippen LogP contribution in [-0.2, 0) is 11.3 Å². The van der Waals surface area contributed by atoms with Crippen molar-refractivity contribution >= 4 is 5.91 Å². The van der Waals surface area contributed by atoms with Gasteiger partial charge >= 0.3 is 0 Å². The Kier molecular flexibility index (Phi) is 6.45. The van der Waals surface area contributed by atoms with Crippen molar-refractivity contribution in [3.05, 3.63) is 29.6 Å². The first-order chi connectivity index (χ1) is 9.49. The number of halogens is 1. The van der Waals surface area contributed by atoms with Crippen LogP contribution in [0.3, 0.4) is 0 Å². The average Bonchev–Trinajstić information content (AvgIpc) is 2.43. The summed E-state index contributed by atoms with van der Waals surface area (Å²) in [6, 6.07) is 4.38. The molecule has 0 saturated carbocycles. The molecule has 0 fully saturated rings. The summed E-state index contributed by atoms with van der Waals surface area (Å²) in [6.07, 6.45) is 1.06. The lowest BCUT2D eigenvalue weighted by Gasteiger charge is -2.19. The monoisotopic (exact) mass is 282 g/mol. The Bertz CT molecular complexity index is 447. The van der Waals surface area contributed by atoms with E-state index in [1.807, 2.05) is 13.8 Å². The molecular formula is C15H23FN2O2. The maximum absolute atomic E-state index is 13.3. The molecule has 3 N–H and O–H groups in total. The minimum atomic E-state index is -0.678. The summed E-state index contributed by atoms with van der Waals surface area (Å²) in [6.45, 7) is 5.90. The molecule has 1 aromatic rings. The van der Waals surface area contributed by atoms with Crippen LogP contribution >= 0.6 is 0 Å². The Morgan fingerprint density at radius 3 is 2.55 bits per heavy atom. The van der Waals surface area contributed by atoms with E-state index in [4.69, 9.17) is 10.5 Å². The topological polar surface area (TPSA) is 64.3 Å². The van der Waals surface area contributed by atoms with Gasteiger partial charge in [-0.3, -0.25) is 4.79 Å². The molecular weight excluding hydrogens is 259 g/mol. The molecule has 1 aromatic carbocycles. The van der Waals surface area contributed by atoms with Gasteiger partial charge in [-0.2, -0.15) is 0 Å². The van der Waals surface area contributed by atoms with Crippen LogP contribution < -0.4 is 15.8 Å². The summed E-state index contributed by atoms with van der Waals surface area (Å²) in [7, 11) is 0. The fourth-order valence-electron chi connectivity index (χ4n) is 1.88. The smallest absolute Gasteiger partial charge is 0.260 e. The van der Waals surface area contributed by atoms with Crippen LogP contribution in [0.15, 0.2) is 18.2 Å². The van der Waals surface area contributed by atoms with E-state index in [1.165, 1.54) is 12.1 Å². The van der Waals surface area contributed by atoms with Gasteiger partial charge in [-0.05, 0) is 37.5 Å². The second-order valence-electron chi connectivity index (χ2n) is 4.78. The SMILES string of the molecule is CCC(CC)NC(=O)C(C)Oc1cc(F)cc(CN)c1. The van der Waals surface area contributed by atoms with Crippen molar-refractivity contribution in [2.45, 2.75) is 52.3 Å². The molecule has 0 bridgehead atoms. The van der Waals surface area contributed by atoms with E-state index < -0.39 is 11.9 Å². The minimum absolute atomic E-state index is 0.140. The molecule has 0 aliphatic rings. The van der Waals surface area contributed by atoms with Crippen LogP contribution in [0.4, 0.5) is 4.39 Å². The van der Waals surface area contributed by atoms with E-state index in [0.29, 0.717) is 11.3 Å². The molecule has 1 unspecified atom stereocenters. The Labute approximate surface area is 119 Å². The fourth-order valence-corrected chi connectivity index (χ4v) is 1.88. The van der Waals surface area contributed by atoms with Crippen molar-refractivity contribution < 1.29 is 13.9 Å². The Hall–Kier alpha value is -1.62. The third kappa shape index (κ3) is 4.81. The minimum Gasteiger partial charge on any atom is -0.481 e. The Balaban J connectivity index is 2.67. The van der Waals surface area contributed by atoms with Crippen molar-refractivity contribution in [2.75, 3.05) is 0 Å². The molecule has 0 radical (unpaired) electrons. The molecule has 1 amide bonds. The van der Waals surface area contributed by atoms with Crippen molar-refractivity contribution in [1.82, 2.24) is 5.32 Å². The van der Waals surface area contributed by atoms with Crippen LogP contribution in [0, 0.1) is 5.82 Å². The standard InChI is InChI=1S/C15H23FN2O2/c1-4-13(5-2)18-15(19)10(3)20-14-7-11(9-17)6-12(16)8-14/h6-8,10,13H,4-5,9,17H2,1-3H3,(H,18,19). The van der Waals surface area contributed by atoms with Crippen molar-refractivity contribution in [1.29, 1.82) is 0 Å². The molecule has 1 atom stereocenters. The zero-order chi connectivity index (χ0) is 15.1. The number of amides is 1. The molecule has 0 spiro atoms. The van der Waals surface area contributed by atoms with E-state index in [1.54, 1.807) is 13.0 Å². The lowest BCUT2D eigenvalue weighted by Crippen LogP contribution is -2.42. The summed E-state index contributed by atoms with van der Waals surface area (Å²) < 4.78 is 18.8. The first-order valence-electron chi connectivity index (χ1n) is 6.96. The molecule has 0 aliphatic heterocycles. The van der Waals surface area contributed by atoms with Gasteiger partial charge < -0.3 is 15.8 Å². The maximum Gasteiger partial charge on any atom is 0.260 e. The normalized spacial score (nSPS) is 12.3. The number of nitrogens with two attached hydrogens (primary N) is 1. The number of ether oxygens (including phenoxy) is 1. The fraction of sp³-hybridized carbons (Fsp3) is 0.533. The molecule has 0 saturated heterocycles. The van der Waals surface area contributed by atoms with Crippen molar-refractivity contribution in [2.24, 2.45) is 5.73 Å². The van der Waals surface area contributed by atoms with Crippen LogP contribution in [0.5, 0.6) is 5.75 Å². The number of carbonyl (C=O) groups excluding carboxylic acids is 1. The molecule has 0 aliphatic carbocycles. The summed E-state index contributed by atoms with van der Waals surface area (Å²) in [4.78, 5) is 12.0. The number of carbonyl (C=O) groups is 1. The number of hydrogen-bond acceptors (Lipinski definition) is 3. The van der Waals surface area contributed by atoms with Crippen molar-refractivity contribution in [3.63, 3.8) is 0 Å². The number of benzene rings is 1. The Morgan fingerprint density at radius 2 is 2.00 bits per heavy atom. The number of nitrogens with one attached hydrogen (secondary N) is 1. The molecule has 0 aromatic heterocycles. The first-order valence-corrected chi connectivity index (χ1v) is 6.96. The van der Waals surface area contributed by atoms with Gasteiger partial charge in [-0.1, -0.05) is 13.8 Å². The molecule has 5 heteroatoms. The van der Waals surface area contributed by atoms with Gasteiger partial charge in [0, 0.05) is 18.7 Å². The zero-order valence-corrected chi connectivity index (χ0v) is 12.3. The van der Waals surface area contributed by atoms with Crippen LogP contribution in [0.2, 0.25) is 0 Å². The summed E-state index contributed by atoms with van der Waals surface area (Å²) >= 11 is 0. The lowest BCUT2D eigenvalue weighted by atomic mass is 10.1. The summed E-state index contributed by atoms with van der Waals surface area (Å²) in [5.74, 6) is -0.301. The average molecular weight is 282 g/mol. The van der Waals surface area contributed by atoms with E-state index in [2.05, 4.69) is 5.32 Å². The highest BCUT2D eigenvalue weighted by Gasteiger charge is 2.17. The van der Waals surface area contributed by atoms with E-state index in [0.717, 1.165) is 12.8 Å². The van der Waals surface area contributed by atoms with Crippen LogP contribution in [-0.4, -0.2) is 18.1 Å². The molecule has 0 heterocycles. The molecule has 112 valence electrons. The highest BCUT2D eigenvalue weighted by molar-refractivity contribution is 5.81. The van der Waals surface area contributed by atoms with E-state index in [9.17, 15) is 9.18 Å². The Morgan fingerprint density at radius 1 is 1.35 bits per heavy atom. The molecule has 20 heavy (non-hydrogen) atoms. The largest absolute Gasteiger partial charge is 0.481 e. The quantitative estimate of drug-likeness (QED) is 0.807.